The summed E-state index contributed by atoms with van der Waals surface area (Å²) >= 11 is 11.7. The first-order chi connectivity index (χ1) is 12.7. The fourth-order valence-corrected chi connectivity index (χ4v) is 3.78. The molecular weight excluding hydrogens is 415 g/mol. The van der Waals surface area contributed by atoms with Crippen molar-refractivity contribution in [2.75, 3.05) is 5.32 Å². The predicted molar refractivity (Wildman–Crippen MR) is 103 cm³/mol. The van der Waals surface area contributed by atoms with Gasteiger partial charge in [-0.2, -0.15) is 0 Å². The number of halogens is 2. The highest BCUT2D eigenvalue weighted by Gasteiger charge is 2.24. The van der Waals surface area contributed by atoms with E-state index in [1.54, 1.807) is 23.8 Å². The lowest BCUT2D eigenvalue weighted by Crippen LogP contribution is -2.36. The molecule has 0 atom stereocenters. The van der Waals surface area contributed by atoms with Gasteiger partial charge >= 0.3 is 6.03 Å². The molecule has 0 saturated heterocycles. The van der Waals surface area contributed by atoms with Crippen molar-refractivity contribution in [3.05, 3.63) is 68.5 Å². The molecule has 2 N–H and O–H groups in total. The van der Waals surface area contributed by atoms with Gasteiger partial charge in [0.2, 0.25) is 5.43 Å². The van der Waals surface area contributed by atoms with Crippen LogP contribution in [-0.2, 0) is 10.0 Å². The Bertz CT molecular complexity index is 1220. The van der Waals surface area contributed by atoms with E-state index in [-0.39, 0.29) is 21.7 Å². The molecule has 3 aromatic rings. The second-order valence-electron chi connectivity index (χ2n) is 5.56. The molecule has 0 spiro atoms. The maximum atomic E-state index is 12.5. The van der Waals surface area contributed by atoms with Crippen molar-refractivity contribution in [1.82, 2.24) is 4.72 Å². The maximum Gasteiger partial charge on any atom is 0.333 e. The first kappa shape index (κ1) is 19.2. The average molecular weight is 427 g/mol. The van der Waals surface area contributed by atoms with E-state index in [1.165, 1.54) is 24.3 Å². The number of nitrogens with one attached hydrogen (secondary N) is 2. The van der Waals surface area contributed by atoms with Gasteiger partial charge in [-0.05, 0) is 36.8 Å². The summed E-state index contributed by atoms with van der Waals surface area (Å²) in [6.45, 7) is 1.72. The quantitative estimate of drug-likeness (QED) is 0.659. The van der Waals surface area contributed by atoms with Crippen LogP contribution in [0.3, 0.4) is 0 Å². The molecule has 2 amide bonds. The number of carbonyl (C=O) groups is 1. The zero-order chi connectivity index (χ0) is 19.8. The van der Waals surface area contributed by atoms with Gasteiger partial charge in [0, 0.05) is 5.02 Å². The highest BCUT2D eigenvalue weighted by atomic mass is 35.5. The molecule has 1 aromatic heterocycles. The summed E-state index contributed by atoms with van der Waals surface area (Å²) in [7, 11) is -4.47. The molecule has 0 unspecified atom stereocenters. The Morgan fingerprint density at radius 3 is 2.59 bits per heavy atom. The van der Waals surface area contributed by atoms with E-state index in [9.17, 15) is 18.0 Å². The van der Waals surface area contributed by atoms with Gasteiger partial charge in [0.25, 0.3) is 10.0 Å². The van der Waals surface area contributed by atoms with Crippen LogP contribution in [0.15, 0.2) is 56.8 Å². The van der Waals surface area contributed by atoms with Gasteiger partial charge in [-0.3, -0.25) is 4.79 Å². The zero-order valence-electron chi connectivity index (χ0n) is 13.7. The van der Waals surface area contributed by atoms with Crippen LogP contribution >= 0.6 is 23.2 Å². The van der Waals surface area contributed by atoms with Crippen molar-refractivity contribution in [2.45, 2.75) is 11.8 Å². The second-order valence-corrected chi connectivity index (χ2v) is 8.06. The summed E-state index contributed by atoms with van der Waals surface area (Å²) in [5.41, 5.74) is 0.329. The van der Waals surface area contributed by atoms with Gasteiger partial charge in [-0.1, -0.05) is 35.3 Å². The maximum absolute atomic E-state index is 12.5. The second kappa shape index (κ2) is 7.22. The molecule has 3 rings (SSSR count). The van der Waals surface area contributed by atoms with E-state index in [2.05, 4.69) is 5.32 Å². The number of carbonyl (C=O) groups excluding carboxylic acids is 1. The summed E-state index contributed by atoms with van der Waals surface area (Å²) < 4.78 is 31.9. The summed E-state index contributed by atoms with van der Waals surface area (Å²) in [5, 5.41) is 2.84. The Morgan fingerprint density at radius 1 is 1.15 bits per heavy atom. The third-order valence-corrected chi connectivity index (χ3v) is 5.52. The van der Waals surface area contributed by atoms with Gasteiger partial charge < -0.3 is 9.73 Å². The average Bonchev–Trinajstić information content (AvgIpc) is 2.58. The van der Waals surface area contributed by atoms with E-state index < -0.39 is 26.4 Å². The molecule has 2 aromatic carbocycles. The van der Waals surface area contributed by atoms with Crippen LogP contribution in [0.25, 0.3) is 11.0 Å². The number of hydrogen-bond acceptors (Lipinski definition) is 5. The predicted octanol–water partition coefficient (Wildman–Crippen LogP) is 3.92. The molecule has 0 bridgehead atoms. The smallest absolute Gasteiger partial charge is 0.333 e. The number of para-hydroxylation sites is 1. The minimum atomic E-state index is -4.47. The van der Waals surface area contributed by atoms with Crippen molar-refractivity contribution in [3.8, 4) is 0 Å². The van der Waals surface area contributed by atoms with Gasteiger partial charge in [0.05, 0.1) is 16.1 Å². The summed E-state index contributed by atoms with van der Waals surface area (Å²) in [4.78, 5) is 23.9. The molecule has 0 aliphatic carbocycles. The molecule has 27 heavy (non-hydrogen) atoms. The normalized spacial score (nSPS) is 11.4. The Labute approximate surface area is 163 Å². The molecule has 0 aliphatic heterocycles. The number of rotatable bonds is 3. The molecule has 7 nitrogen and oxygen atoms in total. The Balaban J connectivity index is 1.90. The number of fused-ring (bicyclic) bond motifs is 1. The highest BCUT2D eigenvalue weighted by molar-refractivity contribution is 7.90. The number of benzene rings is 2. The van der Waals surface area contributed by atoms with Crippen LogP contribution in [0.4, 0.5) is 10.5 Å². The summed E-state index contributed by atoms with van der Waals surface area (Å²) in [5.74, 6) is 0. The molecule has 0 radical (unpaired) electrons. The van der Waals surface area contributed by atoms with E-state index in [4.69, 9.17) is 27.6 Å². The van der Waals surface area contributed by atoms with Crippen molar-refractivity contribution < 1.29 is 17.6 Å². The molecule has 0 aliphatic rings. The molecule has 0 fully saturated rings. The Hall–Kier alpha value is -2.55. The van der Waals surface area contributed by atoms with E-state index in [0.29, 0.717) is 10.6 Å². The third kappa shape index (κ3) is 3.92. The van der Waals surface area contributed by atoms with Crippen molar-refractivity contribution >= 4 is 55.9 Å². The van der Waals surface area contributed by atoms with Crippen molar-refractivity contribution in [1.29, 1.82) is 0 Å². The molecule has 0 saturated carbocycles. The van der Waals surface area contributed by atoms with Crippen LogP contribution < -0.4 is 15.5 Å². The number of aryl methyl sites for hydroxylation is 1. The Kier molecular flexibility index (Phi) is 5.14. The lowest BCUT2D eigenvalue weighted by atomic mass is 10.1. The summed E-state index contributed by atoms with van der Waals surface area (Å²) in [6, 6.07) is 7.94. The van der Waals surface area contributed by atoms with Gasteiger partial charge in [-0.25, -0.2) is 17.9 Å². The van der Waals surface area contributed by atoms with Gasteiger partial charge in [0.1, 0.15) is 11.8 Å². The highest BCUT2D eigenvalue weighted by Crippen LogP contribution is 2.25. The van der Waals surface area contributed by atoms with E-state index >= 15 is 0 Å². The van der Waals surface area contributed by atoms with Crippen LogP contribution in [0, 0.1) is 6.92 Å². The number of sulfonamides is 1. The fourth-order valence-electron chi connectivity index (χ4n) is 2.39. The number of urea groups is 1. The SMILES string of the molecule is Cc1cccc2c(=O)c(S(=O)(=O)NC(=O)Nc3ccc(Cl)cc3Cl)coc12. The number of hydrogen-bond donors (Lipinski definition) is 2. The van der Waals surface area contributed by atoms with Gasteiger partial charge in [0.15, 0.2) is 4.90 Å². The standard InChI is InChI=1S/C17H12Cl2N2O5S/c1-9-3-2-4-11-15(22)14(8-26-16(9)11)27(24,25)21-17(23)20-13-6-5-10(18)7-12(13)19/h2-8H,1H3,(H2,20,21,23). The number of anilines is 1. The van der Waals surface area contributed by atoms with Crippen molar-refractivity contribution in [2.24, 2.45) is 0 Å². The van der Waals surface area contributed by atoms with Crippen LogP contribution in [0.2, 0.25) is 10.0 Å². The van der Waals surface area contributed by atoms with Crippen molar-refractivity contribution in [3.63, 3.8) is 0 Å². The Morgan fingerprint density at radius 2 is 1.89 bits per heavy atom. The first-order valence-electron chi connectivity index (χ1n) is 7.49. The van der Waals surface area contributed by atoms with Crippen LogP contribution in [0.5, 0.6) is 0 Å². The van der Waals surface area contributed by atoms with Crippen LogP contribution in [-0.4, -0.2) is 14.4 Å². The lowest BCUT2D eigenvalue weighted by molar-refractivity contribution is 0.256. The third-order valence-electron chi connectivity index (χ3n) is 3.66. The molecule has 1 heterocycles. The zero-order valence-corrected chi connectivity index (χ0v) is 16.1. The topological polar surface area (TPSA) is 105 Å². The minimum Gasteiger partial charge on any atom is -0.462 e. The minimum absolute atomic E-state index is 0.0963. The largest absolute Gasteiger partial charge is 0.462 e. The summed E-state index contributed by atoms with van der Waals surface area (Å²) in [6.07, 6.45) is 0.808. The fraction of sp³-hybridized carbons (Fsp3) is 0.0588. The van der Waals surface area contributed by atoms with E-state index in [0.717, 1.165) is 6.26 Å². The monoisotopic (exact) mass is 426 g/mol. The molecule has 10 heteroatoms. The molecule has 140 valence electrons. The first-order valence-corrected chi connectivity index (χ1v) is 9.73. The van der Waals surface area contributed by atoms with E-state index in [1.807, 2.05) is 0 Å². The van der Waals surface area contributed by atoms with Gasteiger partial charge in [-0.15, -0.1) is 0 Å². The van der Waals surface area contributed by atoms with Crippen LogP contribution in [0.1, 0.15) is 5.56 Å². The molecular formula is C17H12Cl2N2O5S. The lowest BCUT2D eigenvalue weighted by Gasteiger charge is -2.10. The number of amides is 2.